The first-order chi connectivity index (χ1) is 12.5. The fourth-order valence-electron chi connectivity index (χ4n) is 3.07. The van der Waals surface area contributed by atoms with E-state index < -0.39 is 0 Å². The standard InChI is InChI=1S/C22H30N2O2/c1-6-13-26-19-14-18(9-4)23-15(5)20(19)22(25)24-21-16(7-2)11-10-12-17(21)8-3/h10-12,14H,6-9,13H2,1-5H3,(H,24,25). The molecule has 0 radical (unpaired) electrons. The smallest absolute Gasteiger partial charge is 0.261 e. The molecule has 1 N–H and O–H groups in total. The van der Waals surface area contributed by atoms with Crippen molar-refractivity contribution in [2.45, 2.75) is 60.3 Å². The maximum atomic E-state index is 13.1. The van der Waals surface area contributed by atoms with E-state index in [1.165, 1.54) is 0 Å². The average molecular weight is 354 g/mol. The van der Waals surface area contributed by atoms with Crippen LogP contribution in [-0.2, 0) is 19.3 Å². The molecular weight excluding hydrogens is 324 g/mol. The predicted octanol–water partition coefficient (Wildman–Crippen LogP) is 5.12. The predicted molar refractivity (Wildman–Crippen MR) is 107 cm³/mol. The van der Waals surface area contributed by atoms with Crippen LogP contribution in [0.3, 0.4) is 0 Å². The summed E-state index contributed by atoms with van der Waals surface area (Å²) >= 11 is 0. The van der Waals surface area contributed by atoms with E-state index in [0.717, 1.165) is 48.2 Å². The zero-order valence-electron chi connectivity index (χ0n) is 16.6. The Kier molecular flexibility index (Phi) is 7.19. The molecule has 26 heavy (non-hydrogen) atoms. The quantitative estimate of drug-likeness (QED) is 0.716. The largest absolute Gasteiger partial charge is 0.493 e. The lowest BCUT2D eigenvalue weighted by Gasteiger charge is -2.18. The van der Waals surface area contributed by atoms with E-state index in [2.05, 4.69) is 50.1 Å². The molecule has 1 aromatic carbocycles. The van der Waals surface area contributed by atoms with Crippen molar-refractivity contribution in [2.24, 2.45) is 0 Å². The molecule has 0 aliphatic carbocycles. The van der Waals surface area contributed by atoms with Crippen molar-refractivity contribution >= 4 is 11.6 Å². The van der Waals surface area contributed by atoms with Crippen molar-refractivity contribution in [3.05, 3.63) is 52.3 Å². The van der Waals surface area contributed by atoms with Crippen LogP contribution in [0.25, 0.3) is 0 Å². The van der Waals surface area contributed by atoms with Gasteiger partial charge < -0.3 is 10.1 Å². The van der Waals surface area contributed by atoms with Crippen LogP contribution >= 0.6 is 0 Å². The van der Waals surface area contributed by atoms with Crippen molar-refractivity contribution in [1.29, 1.82) is 0 Å². The van der Waals surface area contributed by atoms with Crippen LogP contribution in [0.4, 0.5) is 5.69 Å². The van der Waals surface area contributed by atoms with Gasteiger partial charge >= 0.3 is 0 Å². The van der Waals surface area contributed by atoms with Gasteiger partial charge in [-0.25, -0.2) is 0 Å². The van der Waals surface area contributed by atoms with Crippen LogP contribution in [0.1, 0.15) is 67.0 Å². The number of ether oxygens (including phenoxy) is 1. The van der Waals surface area contributed by atoms with Crippen LogP contribution < -0.4 is 10.1 Å². The zero-order valence-corrected chi connectivity index (χ0v) is 16.6. The minimum Gasteiger partial charge on any atom is -0.493 e. The van der Waals surface area contributed by atoms with Gasteiger partial charge in [0.1, 0.15) is 11.3 Å². The third-order valence-corrected chi connectivity index (χ3v) is 4.51. The van der Waals surface area contributed by atoms with Crippen LogP contribution in [0.5, 0.6) is 5.75 Å². The molecule has 0 saturated carbocycles. The van der Waals surface area contributed by atoms with Gasteiger partial charge in [0.25, 0.3) is 5.91 Å². The number of benzene rings is 1. The Hall–Kier alpha value is -2.36. The first kappa shape index (κ1) is 20.0. The number of aryl methyl sites for hydroxylation is 4. The van der Waals surface area contributed by atoms with Crippen molar-refractivity contribution in [2.75, 3.05) is 11.9 Å². The van der Waals surface area contributed by atoms with Gasteiger partial charge in [-0.1, -0.05) is 45.9 Å². The van der Waals surface area contributed by atoms with Crippen LogP contribution in [0, 0.1) is 6.92 Å². The number of hydrogen-bond donors (Lipinski definition) is 1. The minimum absolute atomic E-state index is 0.153. The summed E-state index contributed by atoms with van der Waals surface area (Å²) in [5, 5.41) is 3.13. The Balaban J connectivity index is 2.44. The van der Waals surface area contributed by atoms with Crippen LogP contribution in [0.15, 0.2) is 24.3 Å². The minimum atomic E-state index is -0.153. The van der Waals surface area contributed by atoms with Gasteiger partial charge in [-0.15, -0.1) is 0 Å². The highest BCUT2D eigenvalue weighted by Gasteiger charge is 2.20. The summed E-state index contributed by atoms with van der Waals surface area (Å²) in [6.07, 6.45) is 3.44. The molecule has 0 unspecified atom stereocenters. The molecule has 4 nitrogen and oxygen atoms in total. The second-order valence-electron chi connectivity index (χ2n) is 6.39. The molecule has 0 saturated heterocycles. The second-order valence-corrected chi connectivity index (χ2v) is 6.39. The number of aromatic nitrogens is 1. The lowest BCUT2D eigenvalue weighted by Crippen LogP contribution is -2.19. The molecule has 1 aromatic heterocycles. The Morgan fingerprint density at radius 1 is 1.08 bits per heavy atom. The molecule has 1 amide bonds. The van der Waals surface area contributed by atoms with Gasteiger partial charge in [0.2, 0.25) is 0 Å². The Morgan fingerprint density at radius 3 is 2.27 bits per heavy atom. The highest BCUT2D eigenvalue weighted by molar-refractivity contribution is 6.07. The number of amides is 1. The maximum absolute atomic E-state index is 13.1. The summed E-state index contributed by atoms with van der Waals surface area (Å²) in [5.74, 6) is 0.472. The zero-order chi connectivity index (χ0) is 19.1. The number of pyridine rings is 1. The summed E-state index contributed by atoms with van der Waals surface area (Å²) in [6, 6.07) is 8.07. The first-order valence-electron chi connectivity index (χ1n) is 9.60. The highest BCUT2D eigenvalue weighted by Crippen LogP contribution is 2.27. The second kappa shape index (κ2) is 9.37. The molecule has 0 atom stereocenters. The molecule has 0 spiro atoms. The van der Waals surface area contributed by atoms with Gasteiger partial charge in [0.05, 0.1) is 12.3 Å². The van der Waals surface area contributed by atoms with Crippen molar-refractivity contribution < 1.29 is 9.53 Å². The number of rotatable bonds is 8. The normalized spacial score (nSPS) is 10.7. The number of anilines is 1. The third kappa shape index (κ3) is 4.43. The van der Waals surface area contributed by atoms with Crippen LogP contribution in [-0.4, -0.2) is 17.5 Å². The number of carbonyl (C=O) groups excluding carboxylic acids is 1. The molecule has 2 aromatic rings. The Morgan fingerprint density at radius 2 is 1.73 bits per heavy atom. The molecule has 2 rings (SSSR count). The van der Waals surface area contributed by atoms with Gasteiger partial charge in [-0.05, 0) is 43.7 Å². The fourth-order valence-corrected chi connectivity index (χ4v) is 3.07. The molecule has 0 bridgehead atoms. The fraction of sp³-hybridized carbons (Fsp3) is 0.455. The van der Waals surface area contributed by atoms with Crippen molar-refractivity contribution in [3.63, 3.8) is 0 Å². The van der Waals surface area contributed by atoms with Gasteiger partial charge in [-0.2, -0.15) is 0 Å². The molecule has 0 aliphatic rings. The molecular formula is C22H30N2O2. The van der Waals surface area contributed by atoms with E-state index in [9.17, 15) is 4.79 Å². The SMILES string of the molecule is CCCOc1cc(CC)nc(C)c1C(=O)Nc1c(CC)cccc1CC. The van der Waals surface area contributed by atoms with E-state index in [0.29, 0.717) is 23.6 Å². The number of carbonyl (C=O) groups is 1. The van der Waals surface area contributed by atoms with E-state index >= 15 is 0 Å². The van der Waals surface area contributed by atoms with E-state index in [4.69, 9.17) is 4.74 Å². The highest BCUT2D eigenvalue weighted by atomic mass is 16.5. The van der Waals surface area contributed by atoms with E-state index in [1.54, 1.807) is 0 Å². The van der Waals surface area contributed by atoms with Crippen molar-refractivity contribution in [1.82, 2.24) is 4.98 Å². The van der Waals surface area contributed by atoms with Gasteiger partial charge in [0, 0.05) is 17.4 Å². The third-order valence-electron chi connectivity index (χ3n) is 4.51. The van der Waals surface area contributed by atoms with Gasteiger partial charge in [0.15, 0.2) is 0 Å². The Bertz CT molecular complexity index is 747. The molecule has 4 heteroatoms. The van der Waals surface area contributed by atoms with Gasteiger partial charge in [-0.3, -0.25) is 9.78 Å². The number of nitrogens with zero attached hydrogens (tertiary/aromatic N) is 1. The maximum Gasteiger partial charge on any atom is 0.261 e. The summed E-state index contributed by atoms with van der Waals surface area (Å²) in [7, 11) is 0. The first-order valence-corrected chi connectivity index (χ1v) is 9.60. The molecule has 0 aliphatic heterocycles. The Labute approximate surface area is 157 Å². The number of para-hydroxylation sites is 1. The summed E-state index contributed by atoms with van der Waals surface area (Å²) < 4.78 is 5.88. The topological polar surface area (TPSA) is 51.2 Å². The van der Waals surface area contributed by atoms with E-state index in [1.807, 2.05) is 19.1 Å². The summed E-state index contributed by atoms with van der Waals surface area (Å²) in [4.78, 5) is 17.7. The molecule has 140 valence electrons. The number of hydrogen-bond acceptors (Lipinski definition) is 3. The summed E-state index contributed by atoms with van der Waals surface area (Å²) in [6.45, 7) is 10.8. The van der Waals surface area contributed by atoms with E-state index in [-0.39, 0.29) is 5.91 Å². The summed E-state index contributed by atoms with van der Waals surface area (Å²) in [5.41, 5.74) is 5.38. The van der Waals surface area contributed by atoms with Crippen LogP contribution in [0.2, 0.25) is 0 Å². The molecule has 0 fully saturated rings. The molecule has 1 heterocycles. The average Bonchev–Trinajstić information content (AvgIpc) is 2.65. The lowest BCUT2D eigenvalue weighted by atomic mass is 10.0. The van der Waals surface area contributed by atoms with Crippen molar-refractivity contribution in [3.8, 4) is 5.75 Å². The monoisotopic (exact) mass is 354 g/mol. The number of nitrogens with one attached hydrogen (secondary N) is 1. The lowest BCUT2D eigenvalue weighted by molar-refractivity contribution is 0.102.